The van der Waals surface area contributed by atoms with Gasteiger partial charge in [-0.15, -0.1) is 0 Å². The van der Waals surface area contributed by atoms with Crippen LogP contribution in [0, 0.1) is 5.21 Å². The molecule has 0 spiro atoms. The van der Waals surface area contributed by atoms with E-state index in [2.05, 4.69) is 0 Å². The molecule has 0 atom stereocenters. The summed E-state index contributed by atoms with van der Waals surface area (Å²) < 4.78 is 11.6. The highest BCUT2D eigenvalue weighted by atomic mass is 32.2. The molecule has 1 heterocycles. The molecule has 0 aliphatic rings. The molecule has 2 rings (SSSR count). The molecule has 4 nitrogen and oxygen atoms in total. The van der Waals surface area contributed by atoms with E-state index in [1.165, 1.54) is 18.0 Å². The molecule has 1 aromatic heterocycles. The predicted octanol–water partition coefficient (Wildman–Crippen LogP) is 3.78. The minimum Gasteiger partial charge on any atom is -0.624 e. The fourth-order valence-corrected chi connectivity index (χ4v) is 2.27. The van der Waals surface area contributed by atoms with Gasteiger partial charge in [-0.05, 0) is 50.2 Å². The van der Waals surface area contributed by atoms with Crippen molar-refractivity contribution in [3.63, 3.8) is 0 Å². The standard InChI is InChI=1S/C15H17NO3S/c1-11(2)16(17)10-13-6-9-15(19-13)20-14-7-4-12(18-3)5-8-14/h4-11H,1-3H3. The minimum atomic E-state index is -0.0993. The van der Waals surface area contributed by atoms with Crippen LogP contribution in [0.25, 0.3) is 0 Å². The fourth-order valence-electron chi connectivity index (χ4n) is 1.49. The predicted molar refractivity (Wildman–Crippen MR) is 79.8 cm³/mol. The normalized spacial score (nSPS) is 11.9. The molecule has 5 heteroatoms. The lowest BCUT2D eigenvalue weighted by Gasteiger charge is -2.05. The molecule has 0 N–H and O–H groups in total. The zero-order chi connectivity index (χ0) is 14.5. The molecule has 2 aromatic rings. The number of hydrogen-bond donors (Lipinski definition) is 0. The summed E-state index contributed by atoms with van der Waals surface area (Å²) in [6, 6.07) is 11.3. The number of rotatable bonds is 5. The topological polar surface area (TPSA) is 48.4 Å². The van der Waals surface area contributed by atoms with Gasteiger partial charge in [0.1, 0.15) is 5.75 Å². The van der Waals surface area contributed by atoms with E-state index in [-0.39, 0.29) is 6.04 Å². The number of furan rings is 1. The summed E-state index contributed by atoms with van der Waals surface area (Å²) in [7, 11) is 1.64. The fraction of sp³-hybridized carbons (Fsp3) is 0.267. The van der Waals surface area contributed by atoms with Crippen molar-refractivity contribution in [3.05, 3.63) is 47.4 Å². The van der Waals surface area contributed by atoms with E-state index < -0.39 is 0 Å². The Morgan fingerprint density at radius 1 is 1.20 bits per heavy atom. The first-order valence-electron chi connectivity index (χ1n) is 6.30. The molecule has 0 radical (unpaired) electrons. The minimum absolute atomic E-state index is 0.0993. The molecular formula is C15H17NO3S. The maximum absolute atomic E-state index is 11.5. The highest BCUT2D eigenvalue weighted by Gasteiger charge is 2.07. The largest absolute Gasteiger partial charge is 0.624 e. The second-order valence-corrected chi connectivity index (χ2v) is 5.60. The maximum Gasteiger partial charge on any atom is 0.217 e. The van der Waals surface area contributed by atoms with Crippen molar-refractivity contribution in [1.29, 1.82) is 0 Å². The molecule has 0 fully saturated rings. The lowest BCUT2D eigenvalue weighted by Crippen LogP contribution is -2.14. The van der Waals surface area contributed by atoms with E-state index in [4.69, 9.17) is 9.15 Å². The van der Waals surface area contributed by atoms with Crippen LogP contribution >= 0.6 is 11.8 Å². The van der Waals surface area contributed by atoms with Crippen LogP contribution in [0.1, 0.15) is 19.6 Å². The Balaban J connectivity index is 2.07. The number of hydrogen-bond acceptors (Lipinski definition) is 4. The van der Waals surface area contributed by atoms with Crippen molar-refractivity contribution in [3.8, 4) is 5.75 Å². The third-order valence-corrected chi connectivity index (χ3v) is 3.57. The van der Waals surface area contributed by atoms with Crippen LogP contribution in [0.5, 0.6) is 5.75 Å². The summed E-state index contributed by atoms with van der Waals surface area (Å²) >= 11 is 1.50. The van der Waals surface area contributed by atoms with E-state index in [1.807, 2.05) is 44.2 Å². The lowest BCUT2D eigenvalue weighted by atomic mass is 10.3. The van der Waals surface area contributed by atoms with Gasteiger partial charge >= 0.3 is 0 Å². The van der Waals surface area contributed by atoms with Gasteiger partial charge in [0.2, 0.25) is 6.21 Å². The Morgan fingerprint density at radius 3 is 2.50 bits per heavy atom. The Labute approximate surface area is 122 Å². The molecule has 0 amide bonds. The molecule has 0 aliphatic carbocycles. The quantitative estimate of drug-likeness (QED) is 0.364. The number of nitrogens with zero attached hydrogens (tertiary/aromatic N) is 1. The van der Waals surface area contributed by atoms with Gasteiger partial charge in [-0.1, -0.05) is 11.8 Å². The van der Waals surface area contributed by atoms with E-state index in [0.717, 1.165) is 20.5 Å². The Bertz CT molecular complexity index is 587. The van der Waals surface area contributed by atoms with Crippen LogP contribution in [0.15, 0.2) is 50.8 Å². The van der Waals surface area contributed by atoms with Crippen molar-refractivity contribution in [2.45, 2.75) is 29.9 Å². The van der Waals surface area contributed by atoms with Crippen LogP contribution in [-0.4, -0.2) is 24.1 Å². The third kappa shape index (κ3) is 3.81. The van der Waals surface area contributed by atoms with Gasteiger partial charge in [0.05, 0.1) is 7.11 Å². The molecule has 1 aromatic carbocycles. The van der Waals surface area contributed by atoms with Crippen molar-refractivity contribution in [1.82, 2.24) is 0 Å². The molecule has 0 saturated carbocycles. The summed E-state index contributed by atoms with van der Waals surface area (Å²) in [5, 5.41) is 12.3. The smallest absolute Gasteiger partial charge is 0.217 e. The van der Waals surface area contributed by atoms with E-state index >= 15 is 0 Å². The van der Waals surface area contributed by atoms with E-state index in [1.54, 1.807) is 13.2 Å². The van der Waals surface area contributed by atoms with E-state index in [0.29, 0.717) is 5.76 Å². The molecular weight excluding hydrogens is 274 g/mol. The van der Waals surface area contributed by atoms with Gasteiger partial charge in [-0.3, -0.25) is 0 Å². The van der Waals surface area contributed by atoms with Gasteiger partial charge in [-0.2, -0.15) is 0 Å². The van der Waals surface area contributed by atoms with Crippen LogP contribution in [0.3, 0.4) is 0 Å². The van der Waals surface area contributed by atoms with Crippen molar-refractivity contribution in [2.75, 3.05) is 7.11 Å². The van der Waals surface area contributed by atoms with Crippen LogP contribution < -0.4 is 4.74 Å². The zero-order valence-corrected chi connectivity index (χ0v) is 12.5. The number of ether oxygens (including phenoxy) is 1. The number of methoxy groups -OCH3 is 1. The first-order valence-corrected chi connectivity index (χ1v) is 7.12. The van der Waals surface area contributed by atoms with Crippen LogP contribution in [0.2, 0.25) is 0 Å². The Hall–Kier alpha value is -1.88. The SMILES string of the molecule is COc1ccc(Sc2ccc(C=[N+]([O-])C(C)C)o2)cc1. The van der Waals surface area contributed by atoms with Crippen LogP contribution in [0.4, 0.5) is 0 Å². The van der Waals surface area contributed by atoms with Crippen LogP contribution in [-0.2, 0) is 0 Å². The van der Waals surface area contributed by atoms with Gasteiger partial charge in [0.15, 0.2) is 16.9 Å². The molecule has 20 heavy (non-hydrogen) atoms. The van der Waals surface area contributed by atoms with Gasteiger partial charge in [0, 0.05) is 4.90 Å². The molecule has 0 aliphatic heterocycles. The lowest BCUT2D eigenvalue weighted by molar-refractivity contribution is -0.487. The summed E-state index contributed by atoms with van der Waals surface area (Å²) in [6.45, 7) is 3.67. The Morgan fingerprint density at radius 2 is 1.90 bits per heavy atom. The summed E-state index contributed by atoms with van der Waals surface area (Å²) in [5.41, 5.74) is 0. The van der Waals surface area contributed by atoms with Crippen molar-refractivity contribution >= 4 is 18.0 Å². The maximum atomic E-state index is 11.5. The summed E-state index contributed by atoms with van der Waals surface area (Å²) in [5.74, 6) is 1.38. The average molecular weight is 291 g/mol. The molecule has 0 saturated heterocycles. The highest BCUT2D eigenvalue weighted by molar-refractivity contribution is 7.99. The molecule has 0 bridgehead atoms. The van der Waals surface area contributed by atoms with Gasteiger partial charge in [-0.25, -0.2) is 4.74 Å². The highest BCUT2D eigenvalue weighted by Crippen LogP contribution is 2.30. The zero-order valence-electron chi connectivity index (χ0n) is 11.7. The monoisotopic (exact) mass is 291 g/mol. The van der Waals surface area contributed by atoms with Crippen molar-refractivity contribution in [2.24, 2.45) is 0 Å². The number of benzene rings is 1. The molecule has 0 unspecified atom stereocenters. The number of hydroxylamine groups is 1. The first kappa shape index (κ1) is 14.5. The third-order valence-electron chi connectivity index (χ3n) is 2.64. The summed E-state index contributed by atoms with van der Waals surface area (Å²) in [6.07, 6.45) is 1.46. The molecule has 106 valence electrons. The summed E-state index contributed by atoms with van der Waals surface area (Å²) in [4.78, 5) is 1.05. The van der Waals surface area contributed by atoms with Gasteiger partial charge < -0.3 is 14.4 Å². The Kier molecular flexibility index (Phi) is 4.74. The second kappa shape index (κ2) is 6.52. The second-order valence-electron chi connectivity index (χ2n) is 4.52. The van der Waals surface area contributed by atoms with E-state index in [9.17, 15) is 5.21 Å². The van der Waals surface area contributed by atoms with Gasteiger partial charge in [0.25, 0.3) is 0 Å². The van der Waals surface area contributed by atoms with Crippen molar-refractivity contribution < 1.29 is 13.9 Å². The first-order chi connectivity index (χ1) is 9.58. The average Bonchev–Trinajstić information content (AvgIpc) is 2.86.